The van der Waals surface area contributed by atoms with E-state index in [1.54, 1.807) is 13.1 Å². The predicted molar refractivity (Wildman–Crippen MR) is 80.0 cm³/mol. The SMILES string of the molecule is CCOC(=O)c1c[nH]c2ncnc(-c3ccc(C)cc3)c12. The summed E-state index contributed by atoms with van der Waals surface area (Å²) < 4.78 is 5.09. The second-order valence-electron chi connectivity index (χ2n) is 4.73. The van der Waals surface area contributed by atoms with Gasteiger partial charge in [0.1, 0.15) is 12.0 Å². The molecule has 3 rings (SSSR count). The van der Waals surface area contributed by atoms with Gasteiger partial charge in [-0.05, 0) is 13.8 Å². The van der Waals surface area contributed by atoms with Gasteiger partial charge in [0.15, 0.2) is 0 Å². The van der Waals surface area contributed by atoms with Gasteiger partial charge < -0.3 is 9.72 Å². The topological polar surface area (TPSA) is 67.9 Å². The highest BCUT2D eigenvalue weighted by atomic mass is 16.5. The van der Waals surface area contributed by atoms with Crippen molar-refractivity contribution in [1.29, 1.82) is 0 Å². The Bertz CT molecular complexity index is 791. The number of nitrogens with zero attached hydrogens (tertiary/aromatic N) is 2. The molecule has 0 unspecified atom stereocenters. The monoisotopic (exact) mass is 281 g/mol. The molecule has 0 saturated heterocycles. The zero-order valence-electron chi connectivity index (χ0n) is 11.9. The summed E-state index contributed by atoms with van der Waals surface area (Å²) in [5, 5.41) is 0.694. The van der Waals surface area contributed by atoms with Gasteiger partial charge in [0.05, 0.1) is 23.3 Å². The molecule has 0 fully saturated rings. The fourth-order valence-corrected chi connectivity index (χ4v) is 2.26. The Morgan fingerprint density at radius 3 is 2.71 bits per heavy atom. The summed E-state index contributed by atoms with van der Waals surface area (Å²) >= 11 is 0. The average Bonchev–Trinajstić information content (AvgIpc) is 2.92. The summed E-state index contributed by atoms with van der Waals surface area (Å²) in [6.07, 6.45) is 3.11. The number of carbonyl (C=O) groups is 1. The van der Waals surface area contributed by atoms with E-state index in [1.807, 2.05) is 31.2 Å². The molecular formula is C16H15N3O2. The third-order valence-corrected chi connectivity index (χ3v) is 3.29. The van der Waals surface area contributed by atoms with Gasteiger partial charge in [0.2, 0.25) is 0 Å². The summed E-state index contributed by atoms with van der Waals surface area (Å²) in [5.74, 6) is -0.369. The highest BCUT2D eigenvalue weighted by Crippen LogP contribution is 2.28. The van der Waals surface area contributed by atoms with Gasteiger partial charge in [-0.2, -0.15) is 0 Å². The molecule has 0 bridgehead atoms. The second kappa shape index (κ2) is 5.36. The van der Waals surface area contributed by atoms with Crippen molar-refractivity contribution in [2.75, 3.05) is 6.61 Å². The number of H-pyrrole nitrogens is 1. The molecule has 1 aromatic carbocycles. The van der Waals surface area contributed by atoms with Gasteiger partial charge in [-0.15, -0.1) is 0 Å². The van der Waals surface area contributed by atoms with Crippen LogP contribution in [0, 0.1) is 6.92 Å². The number of ether oxygens (including phenoxy) is 1. The van der Waals surface area contributed by atoms with E-state index in [4.69, 9.17) is 4.74 Å². The van der Waals surface area contributed by atoms with E-state index >= 15 is 0 Å². The fourth-order valence-electron chi connectivity index (χ4n) is 2.26. The van der Waals surface area contributed by atoms with Crippen LogP contribution in [0.4, 0.5) is 0 Å². The number of nitrogens with one attached hydrogen (secondary N) is 1. The van der Waals surface area contributed by atoms with E-state index in [9.17, 15) is 4.79 Å². The van der Waals surface area contributed by atoms with Gasteiger partial charge >= 0.3 is 5.97 Å². The molecule has 0 atom stereocenters. The molecule has 0 spiro atoms. The Morgan fingerprint density at radius 2 is 2.00 bits per heavy atom. The van der Waals surface area contributed by atoms with Crippen LogP contribution in [0.2, 0.25) is 0 Å². The molecule has 3 aromatic rings. The fraction of sp³-hybridized carbons (Fsp3) is 0.188. The smallest absolute Gasteiger partial charge is 0.340 e. The molecule has 106 valence electrons. The van der Waals surface area contributed by atoms with Gasteiger partial charge in [-0.25, -0.2) is 14.8 Å². The normalized spacial score (nSPS) is 10.8. The van der Waals surface area contributed by atoms with Crippen LogP contribution in [0.15, 0.2) is 36.8 Å². The molecule has 0 aliphatic heterocycles. The number of carbonyl (C=O) groups excluding carboxylic acids is 1. The first-order valence-electron chi connectivity index (χ1n) is 6.77. The van der Waals surface area contributed by atoms with Gasteiger partial charge in [-0.1, -0.05) is 29.8 Å². The van der Waals surface area contributed by atoms with Crippen molar-refractivity contribution < 1.29 is 9.53 Å². The molecule has 0 aliphatic carbocycles. The van der Waals surface area contributed by atoms with Crippen molar-refractivity contribution in [3.8, 4) is 11.3 Å². The summed E-state index contributed by atoms with van der Waals surface area (Å²) in [4.78, 5) is 23.6. The number of esters is 1. The van der Waals surface area contributed by atoms with E-state index < -0.39 is 0 Å². The summed E-state index contributed by atoms with van der Waals surface area (Å²) in [6, 6.07) is 8.00. The molecule has 0 saturated carbocycles. The number of benzene rings is 1. The standard InChI is InChI=1S/C16H15N3O2/c1-3-21-16(20)12-8-17-15-13(12)14(18-9-19-15)11-6-4-10(2)5-7-11/h4-9H,3H2,1-2H3,(H,17,18,19). The lowest BCUT2D eigenvalue weighted by Crippen LogP contribution is -2.04. The summed E-state index contributed by atoms with van der Waals surface area (Å²) in [6.45, 7) is 4.14. The molecule has 21 heavy (non-hydrogen) atoms. The zero-order valence-corrected chi connectivity index (χ0v) is 11.9. The van der Waals surface area contributed by atoms with E-state index in [0.29, 0.717) is 23.2 Å². The van der Waals surface area contributed by atoms with Crippen molar-refractivity contribution in [1.82, 2.24) is 15.0 Å². The maximum Gasteiger partial charge on any atom is 0.340 e. The Labute approximate surface area is 122 Å². The Morgan fingerprint density at radius 1 is 1.24 bits per heavy atom. The highest BCUT2D eigenvalue weighted by molar-refractivity contribution is 6.08. The average molecular weight is 281 g/mol. The first-order valence-corrected chi connectivity index (χ1v) is 6.77. The molecule has 2 aromatic heterocycles. The Hall–Kier alpha value is -2.69. The predicted octanol–water partition coefficient (Wildman–Crippen LogP) is 3.11. The van der Waals surface area contributed by atoms with E-state index in [-0.39, 0.29) is 5.97 Å². The van der Waals surface area contributed by atoms with Crippen molar-refractivity contribution in [3.63, 3.8) is 0 Å². The number of hydrogen-bond donors (Lipinski definition) is 1. The highest BCUT2D eigenvalue weighted by Gasteiger charge is 2.18. The van der Waals surface area contributed by atoms with Gasteiger partial charge in [-0.3, -0.25) is 0 Å². The van der Waals surface area contributed by atoms with Crippen molar-refractivity contribution in [2.45, 2.75) is 13.8 Å². The maximum atomic E-state index is 12.1. The molecule has 0 radical (unpaired) electrons. The molecule has 2 heterocycles. The lowest BCUT2D eigenvalue weighted by molar-refractivity contribution is 0.0528. The van der Waals surface area contributed by atoms with Gasteiger partial charge in [0, 0.05) is 11.8 Å². The van der Waals surface area contributed by atoms with Crippen LogP contribution in [-0.2, 0) is 4.74 Å². The van der Waals surface area contributed by atoms with Crippen molar-refractivity contribution in [2.24, 2.45) is 0 Å². The largest absolute Gasteiger partial charge is 0.462 e. The minimum Gasteiger partial charge on any atom is -0.462 e. The van der Waals surface area contributed by atoms with Crippen LogP contribution < -0.4 is 0 Å². The van der Waals surface area contributed by atoms with Crippen LogP contribution in [-0.4, -0.2) is 27.5 Å². The molecule has 5 nitrogen and oxygen atoms in total. The number of hydrogen-bond acceptors (Lipinski definition) is 4. The second-order valence-corrected chi connectivity index (χ2v) is 4.73. The molecule has 0 aliphatic rings. The van der Waals surface area contributed by atoms with Crippen LogP contribution in [0.5, 0.6) is 0 Å². The minimum atomic E-state index is -0.369. The number of aromatic amines is 1. The molecule has 0 amide bonds. The number of aryl methyl sites for hydroxylation is 1. The van der Waals surface area contributed by atoms with Gasteiger partial charge in [0.25, 0.3) is 0 Å². The number of rotatable bonds is 3. The molecule has 5 heteroatoms. The third kappa shape index (κ3) is 2.38. The number of aromatic nitrogens is 3. The van der Waals surface area contributed by atoms with Crippen molar-refractivity contribution >= 4 is 17.0 Å². The lowest BCUT2D eigenvalue weighted by Gasteiger charge is -2.05. The number of fused-ring (bicyclic) bond motifs is 1. The van der Waals surface area contributed by atoms with E-state index in [0.717, 1.165) is 11.3 Å². The first kappa shape index (κ1) is 13.3. The maximum absolute atomic E-state index is 12.1. The van der Waals surface area contributed by atoms with Crippen LogP contribution in [0.25, 0.3) is 22.3 Å². The zero-order chi connectivity index (χ0) is 14.8. The summed E-state index contributed by atoms with van der Waals surface area (Å²) in [7, 11) is 0. The minimum absolute atomic E-state index is 0.332. The molecular weight excluding hydrogens is 266 g/mol. The van der Waals surface area contributed by atoms with Crippen molar-refractivity contribution in [3.05, 3.63) is 47.9 Å². The van der Waals surface area contributed by atoms with E-state index in [1.165, 1.54) is 11.9 Å². The quantitative estimate of drug-likeness (QED) is 0.749. The van der Waals surface area contributed by atoms with Crippen LogP contribution >= 0.6 is 0 Å². The Kier molecular flexibility index (Phi) is 3.39. The van der Waals surface area contributed by atoms with Crippen LogP contribution in [0.1, 0.15) is 22.8 Å². The summed E-state index contributed by atoms with van der Waals surface area (Å²) in [5.41, 5.74) is 3.93. The first-order chi connectivity index (χ1) is 10.2. The molecule has 1 N–H and O–H groups in total. The van der Waals surface area contributed by atoms with Crippen LogP contribution in [0.3, 0.4) is 0 Å². The lowest BCUT2D eigenvalue weighted by atomic mass is 10.1. The Balaban J connectivity index is 2.20. The van der Waals surface area contributed by atoms with E-state index in [2.05, 4.69) is 15.0 Å². The third-order valence-electron chi connectivity index (χ3n) is 3.29.